The number of furan rings is 1. The highest BCUT2D eigenvalue weighted by Crippen LogP contribution is 2.15. The molecular weight excluding hydrogens is 264 g/mol. The molecule has 0 aliphatic carbocycles. The van der Waals surface area contributed by atoms with Crippen LogP contribution in [0, 0.1) is 6.92 Å². The molecule has 0 saturated carbocycles. The Morgan fingerprint density at radius 2 is 2.00 bits per heavy atom. The fourth-order valence-electron chi connectivity index (χ4n) is 1.72. The SMILES string of the molecule is Cc1occc1CN(C)S(=O)(=O)C(C)CNC(C)C. The number of nitrogens with one attached hydrogen (secondary N) is 1. The van der Waals surface area contributed by atoms with Crippen molar-refractivity contribution in [2.24, 2.45) is 0 Å². The van der Waals surface area contributed by atoms with Crippen LogP contribution in [0.1, 0.15) is 32.1 Å². The molecule has 6 heteroatoms. The normalized spacial score (nSPS) is 14.3. The van der Waals surface area contributed by atoms with Crippen LogP contribution < -0.4 is 5.32 Å². The predicted molar refractivity (Wildman–Crippen MR) is 76.4 cm³/mol. The molecule has 0 aliphatic rings. The van der Waals surface area contributed by atoms with Gasteiger partial charge in [-0.25, -0.2) is 12.7 Å². The van der Waals surface area contributed by atoms with E-state index in [4.69, 9.17) is 4.42 Å². The number of hydrogen-bond donors (Lipinski definition) is 1. The molecule has 0 bridgehead atoms. The van der Waals surface area contributed by atoms with Crippen LogP contribution in [0.5, 0.6) is 0 Å². The van der Waals surface area contributed by atoms with E-state index in [0.717, 1.165) is 11.3 Å². The highest BCUT2D eigenvalue weighted by molar-refractivity contribution is 7.89. The molecule has 110 valence electrons. The molecular formula is C13H24N2O3S. The van der Waals surface area contributed by atoms with Gasteiger partial charge in [0.2, 0.25) is 10.0 Å². The van der Waals surface area contributed by atoms with Gasteiger partial charge in [0, 0.05) is 31.7 Å². The summed E-state index contributed by atoms with van der Waals surface area (Å²) in [5.41, 5.74) is 0.898. The first-order valence-corrected chi connectivity index (χ1v) is 7.97. The van der Waals surface area contributed by atoms with Crippen molar-refractivity contribution in [2.45, 2.75) is 45.5 Å². The number of nitrogens with zero attached hydrogens (tertiary/aromatic N) is 1. The zero-order chi connectivity index (χ0) is 14.6. The Balaban J connectivity index is 2.68. The molecule has 0 radical (unpaired) electrons. The maximum Gasteiger partial charge on any atom is 0.218 e. The molecule has 0 aromatic carbocycles. The van der Waals surface area contributed by atoms with E-state index in [9.17, 15) is 8.42 Å². The number of sulfonamides is 1. The van der Waals surface area contributed by atoms with Crippen LogP contribution in [-0.2, 0) is 16.6 Å². The van der Waals surface area contributed by atoms with E-state index < -0.39 is 15.3 Å². The summed E-state index contributed by atoms with van der Waals surface area (Å²) >= 11 is 0. The lowest BCUT2D eigenvalue weighted by atomic mass is 10.3. The molecule has 0 saturated heterocycles. The van der Waals surface area contributed by atoms with E-state index in [1.165, 1.54) is 4.31 Å². The summed E-state index contributed by atoms with van der Waals surface area (Å²) < 4.78 is 31.2. The lowest BCUT2D eigenvalue weighted by molar-refractivity contribution is 0.445. The van der Waals surface area contributed by atoms with E-state index in [1.807, 2.05) is 20.8 Å². The summed E-state index contributed by atoms with van der Waals surface area (Å²) in [6.07, 6.45) is 1.58. The van der Waals surface area contributed by atoms with Crippen molar-refractivity contribution in [1.29, 1.82) is 0 Å². The smallest absolute Gasteiger partial charge is 0.218 e. The molecule has 0 aliphatic heterocycles. The van der Waals surface area contributed by atoms with Crippen molar-refractivity contribution in [3.05, 3.63) is 23.7 Å². The van der Waals surface area contributed by atoms with Crippen molar-refractivity contribution in [1.82, 2.24) is 9.62 Å². The average Bonchev–Trinajstić information content (AvgIpc) is 2.71. The second-order valence-corrected chi connectivity index (χ2v) is 7.63. The molecule has 1 heterocycles. The average molecular weight is 288 g/mol. The predicted octanol–water partition coefficient (Wildman–Crippen LogP) is 1.74. The lowest BCUT2D eigenvalue weighted by Gasteiger charge is -2.22. The molecule has 1 aromatic rings. The third-order valence-electron chi connectivity index (χ3n) is 3.12. The Bertz CT molecular complexity index is 494. The molecule has 1 unspecified atom stereocenters. The molecule has 1 N–H and O–H groups in total. The monoisotopic (exact) mass is 288 g/mol. The fraction of sp³-hybridized carbons (Fsp3) is 0.692. The first-order valence-electron chi connectivity index (χ1n) is 6.46. The van der Waals surface area contributed by atoms with Gasteiger partial charge in [-0.2, -0.15) is 0 Å². The Morgan fingerprint density at radius 1 is 1.37 bits per heavy atom. The van der Waals surface area contributed by atoms with Gasteiger partial charge in [0.05, 0.1) is 11.5 Å². The topological polar surface area (TPSA) is 62.6 Å². The van der Waals surface area contributed by atoms with Crippen molar-refractivity contribution in [3.8, 4) is 0 Å². The minimum absolute atomic E-state index is 0.277. The Kier molecular flexibility index (Phi) is 5.58. The van der Waals surface area contributed by atoms with E-state index in [0.29, 0.717) is 13.1 Å². The molecule has 1 atom stereocenters. The lowest BCUT2D eigenvalue weighted by Crippen LogP contribution is -2.41. The zero-order valence-electron chi connectivity index (χ0n) is 12.3. The Labute approximate surface area is 116 Å². The highest BCUT2D eigenvalue weighted by atomic mass is 32.2. The number of aryl methyl sites for hydroxylation is 1. The van der Waals surface area contributed by atoms with Gasteiger partial charge in [0.15, 0.2) is 0 Å². The summed E-state index contributed by atoms with van der Waals surface area (Å²) in [4.78, 5) is 0. The van der Waals surface area contributed by atoms with Gasteiger partial charge in [-0.3, -0.25) is 0 Å². The van der Waals surface area contributed by atoms with Gasteiger partial charge in [0.1, 0.15) is 5.76 Å². The Morgan fingerprint density at radius 3 is 2.47 bits per heavy atom. The third kappa shape index (κ3) is 4.33. The molecule has 0 fully saturated rings. The molecule has 0 amide bonds. The van der Waals surface area contributed by atoms with Crippen LogP contribution in [0.3, 0.4) is 0 Å². The van der Waals surface area contributed by atoms with Crippen LogP contribution in [0.2, 0.25) is 0 Å². The van der Waals surface area contributed by atoms with Gasteiger partial charge in [-0.1, -0.05) is 13.8 Å². The first-order chi connectivity index (χ1) is 8.75. The molecule has 1 rings (SSSR count). The van der Waals surface area contributed by atoms with Crippen LogP contribution in [0.15, 0.2) is 16.7 Å². The zero-order valence-corrected chi connectivity index (χ0v) is 13.1. The quantitative estimate of drug-likeness (QED) is 0.830. The van der Waals surface area contributed by atoms with Gasteiger partial charge >= 0.3 is 0 Å². The van der Waals surface area contributed by atoms with Gasteiger partial charge in [-0.05, 0) is 19.9 Å². The summed E-state index contributed by atoms with van der Waals surface area (Å²) in [7, 11) is -1.69. The van der Waals surface area contributed by atoms with Crippen LogP contribution in [-0.4, -0.2) is 37.6 Å². The van der Waals surface area contributed by atoms with Crippen molar-refractivity contribution in [2.75, 3.05) is 13.6 Å². The van der Waals surface area contributed by atoms with E-state index in [1.54, 1.807) is 26.3 Å². The van der Waals surface area contributed by atoms with Gasteiger partial charge < -0.3 is 9.73 Å². The van der Waals surface area contributed by atoms with Crippen molar-refractivity contribution >= 4 is 10.0 Å². The van der Waals surface area contributed by atoms with E-state index >= 15 is 0 Å². The highest BCUT2D eigenvalue weighted by Gasteiger charge is 2.26. The van der Waals surface area contributed by atoms with E-state index in [-0.39, 0.29) is 6.04 Å². The largest absolute Gasteiger partial charge is 0.469 e. The number of hydrogen-bond acceptors (Lipinski definition) is 4. The molecule has 5 nitrogen and oxygen atoms in total. The minimum atomic E-state index is -3.30. The van der Waals surface area contributed by atoms with E-state index in [2.05, 4.69) is 5.32 Å². The summed E-state index contributed by atoms with van der Waals surface area (Å²) in [6, 6.07) is 2.08. The maximum atomic E-state index is 12.3. The van der Waals surface area contributed by atoms with Gasteiger partial charge in [0.25, 0.3) is 0 Å². The standard InChI is InChI=1S/C13H24N2O3S/c1-10(2)14-8-11(3)19(16,17)15(5)9-13-6-7-18-12(13)4/h6-7,10-11,14H,8-9H2,1-5H3. The van der Waals surface area contributed by atoms with Crippen molar-refractivity contribution < 1.29 is 12.8 Å². The summed E-state index contributed by atoms with van der Waals surface area (Å²) in [5.74, 6) is 0.759. The second-order valence-electron chi connectivity index (χ2n) is 5.18. The van der Waals surface area contributed by atoms with Crippen molar-refractivity contribution in [3.63, 3.8) is 0 Å². The van der Waals surface area contributed by atoms with Crippen LogP contribution in [0.4, 0.5) is 0 Å². The maximum absolute atomic E-state index is 12.3. The summed E-state index contributed by atoms with van der Waals surface area (Å²) in [6.45, 7) is 8.35. The summed E-state index contributed by atoms with van der Waals surface area (Å²) in [5, 5.41) is 2.70. The number of rotatable bonds is 7. The molecule has 0 spiro atoms. The Hall–Kier alpha value is -0.850. The van der Waals surface area contributed by atoms with Gasteiger partial charge in [-0.15, -0.1) is 0 Å². The third-order valence-corrected chi connectivity index (χ3v) is 5.30. The minimum Gasteiger partial charge on any atom is -0.469 e. The molecule has 19 heavy (non-hydrogen) atoms. The second kappa shape index (κ2) is 6.54. The first kappa shape index (κ1) is 16.2. The van der Waals surface area contributed by atoms with Crippen LogP contribution in [0.25, 0.3) is 0 Å². The van der Waals surface area contributed by atoms with Crippen LogP contribution >= 0.6 is 0 Å². The molecule has 1 aromatic heterocycles. The fourth-order valence-corrected chi connectivity index (χ4v) is 2.96.